The molecule has 0 saturated heterocycles. The molecule has 0 atom stereocenters. The van der Waals surface area contributed by atoms with Crippen molar-refractivity contribution in [2.24, 2.45) is 0 Å². The maximum absolute atomic E-state index is 13.0. The topological polar surface area (TPSA) is 24.9 Å². The van der Waals surface area contributed by atoms with Crippen LogP contribution in [0.1, 0.15) is 11.3 Å². The van der Waals surface area contributed by atoms with Gasteiger partial charge in [-0.1, -0.05) is 6.07 Å². The van der Waals surface area contributed by atoms with E-state index in [2.05, 4.69) is 26.2 Å². The van der Waals surface area contributed by atoms with Crippen LogP contribution in [0.5, 0.6) is 0 Å². The molecule has 18 heavy (non-hydrogen) atoms. The first-order valence-electron chi connectivity index (χ1n) is 5.37. The minimum atomic E-state index is -0.839. The SMILES string of the molecule is Cc1nc(NCc2ccc(F)c(F)c2)ccc1Br. The number of hydrogen-bond donors (Lipinski definition) is 1. The molecule has 1 heterocycles. The smallest absolute Gasteiger partial charge is 0.159 e. The van der Waals surface area contributed by atoms with E-state index in [0.29, 0.717) is 17.9 Å². The summed E-state index contributed by atoms with van der Waals surface area (Å²) in [5, 5.41) is 3.05. The van der Waals surface area contributed by atoms with Crippen molar-refractivity contribution >= 4 is 21.7 Å². The van der Waals surface area contributed by atoms with Gasteiger partial charge in [0.05, 0.1) is 5.69 Å². The predicted molar refractivity (Wildman–Crippen MR) is 70.4 cm³/mol. The van der Waals surface area contributed by atoms with Crippen LogP contribution in [0.2, 0.25) is 0 Å². The van der Waals surface area contributed by atoms with Crippen LogP contribution in [0.3, 0.4) is 0 Å². The van der Waals surface area contributed by atoms with Crippen molar-refractivity contribution in [3.63, 3.8) is 0 Å². The molecule has 2 rings (SSSR count). The Hall–Kier alpha value is -1.49. The first-order valence-corrected chi connectivity index (χ1v) is 6.16. The van der Waals surface area contributed by atoms with Crippen LogP contribution >= 0.6 is 15.9 Å². The molecule has 1 aromatic heterocycles. The zero-order chi connectivity index (χ0) is 13.1. The number of hydrogen-bond acceptors (Lipinski definition) is 2. The Morgan fingerprint density at radius 3 is 2.61 bits per heavy atom. The lowest BCUT2D eigenvalue weighted by Crippen LogP contribution is -2.03. The zero-order valence-electron chi connectivity index (χ0n) is 9.67. The normalized spacial score (nSPS) is 10.4. The van der Waals surface area contributed by atoms with Gasteiger partial charge < -0.3 is 5.32 Å². The second-order valence-corrected chi connectivity index (χ2v) is 4.72. The Bertz CT molecular complexity index is 521. The lowest BCUT2D eigenvalue weighted by molar-refractivity contribution is 0.507. The molecule has 1 aromatic carbocycles. The number of rotatable bonds is 3. The standard InChI is InChI=1S/C13H11BrF2N2/c1-8-10(14)3-5-13(18-8)17-7-9-2-4-11(15)12(16)6-9/h2-6H,7H2,1H3,(H,17,18). The highest BCUT2D eigenvalue weighted by Crippen LogP contribution is 2.17. The van der Waals surface area contributed by atoms with E-state index in [1.807, 2.05) is 19.1 Å². The van der Waals surface area contributed by atoms with Gasteiger partial charge in [0.25, 0.3) is 0 Å². The van der Waals surface area contributed by atoms with Crippen LogP contribution in [0.4, 0.5) is 14.6 Å². The van der Waals surface area contributed by atoms with E-state index in [1.165, 1.54) is 12.1 Å². The van der Waals surface area contributed by atoms with Gasteiger partial charge in [-0.25, -0.2) is 13.8 Å². The van der Waals surface area contributed by atoms with Gasteiger partial charge in [-0.2, -0.15) is 0 Å². The van der Waals surface area contributed by atoms with E-state index in [4.69, 9.17) is 0 Å². The van der Waals surface area contributed by atoms with E-state index in [9.17, 15) is 8.78 Å². The Morgan fingerprint density at radius 2 is 1.94 bits per heavy atom. The molecular formula is C13H11BrF2N2. The molecular weight excluding hydrogens is 302 g/mol. The minimum absolute atomic E-state index is 0.394. The Labute approximate surface area is 112 Å². The van der Waals surface area contributed by atoms with Crippen LogP contribution in [-0.2, 0) is 6.54 Å². The lowest BCUT2D eigenvalue weighted by atomic mass is 10.2. The second-order valence-electron chi connectivity index (χ2n) is 3.87. The summed E-state index contributed by atoms with van der Waals surface area (Å²) in [6.07, 6.45) is 0. The van der Waals surface area contributed by atoms with E-state index < -0.39 is 11.6 Å². The van der Waals surface area contributed by atoms with E-state index in [1.54, 1.807) is 0 Å². The van der Waals surface area contributed by atoms with Gasteiger partial charge in [-0.15, -0.1) is 0 Å². The van der Waals surface area contributed by atoms with Crippen molar-refractivity contribution in [1.82, 2.24) is 4.98 Å². The lowest BCUT2D eigenvalue weighted by Gasteiger charge is -2.07. The zero-order valence-corrected chi connectivity index (χ0v) is 11.3. The fourth-order valence-corrected chi connectivity index (χ4v) is 1.71. The summed E-state index contributed by atoms with van der Waals surface area (Å²) in [5.41, 5.74) is 1.53. The highest BCUT2D eigenvalue weighted by atomic mass is 79.9. The quantitative estimate of drug-likeness (QED) is 0.925. The molecule has 94 valence electrons. The van der Waals surface area contributed by atoms with Gasteiger partial charge >= 0.3 is 0 Å². The Balaban J connectivity index is 2.06. The largest absolute Gasteiger partial charge is 0.366 e. The third kappa shape index (κ3) is 3.04. The number of halogens is 3. The molecule has 2 aromatic rings. The number of pyridine rings is 1. The van der Waals surface area contributed by atoms with Crippen molar-refractivity contribution in [3.05, 3.63) is 57.7 Å². The summed E-state index contributed by atoms with van der Waals surface area (Å²) in [6, 6.07) is 7.53. The molecule has 0 bridgehead atoms. The Morgan fingerprint density at radius 1 is 1.17 bits per heavy atom. The minimum Gasteiger partial charge on any atom is -0.366 e. The van der Waals surface area contributed by atoms with Gasteiger partial charge in [-0.3, -0.25) is 0 Å². The molecule has 0 fully saturated rings. The van der Waals surface area contributed by atoms with Gasteiger partial charge in [0.1, 0.15) is 5.82 Å². The highest BCUT2D eigenvalue weighted by Gasteiger charge is 2.03. The van der Waals surface area contributed by atoms with Gasteiger partial charge in [0.2, 0.25) is 0 Å². The second kappa shape index (κ2) is 5.44. The third-order valence-corrected chi connectivity index (χ3v) is 3.32. The highest BCUT2D eigenvalue weighted by molar-refractivity contribution is 9.10. The van der Waals surface area contributed by atoms with E-state index >= 15 is 0 Å². The number of aromatic nitrogens is 1. The number of aryl methyl sites for hydroxylation is 1. The first-order chi connectivity index (χ1) is 8.56. The van der Waals surface area contributed by atoms with Crippen LogP contribution < -0.4 is 5.32 Å². The summed E-state index contributed by atoms with van der Waals surface area (Å²) < 4.78 is 26.7. The molecule has 5 heteroatoms. The number of nitrogens with zero attached hydrogens (tertiary/aromatic N) is 1. The van der Waals surface area contributed by atoms with Crippen molar-refractivity contribution in [1.29, 1.82) is 0 Å². The molecule has 0 aliphatic rings. The average molecular weight is 313 g/mol. The molecule has 0 amide bonds. The third-order valence-electron chi connectivity index (χ3n) is 2.48. The van der Waals surface area contributed by atoms with Crippen LogP contribution in [-0.4, -0.2) is 4.98 Å². The molecule has 0 unspecified atom stereocenters. The van der Waals surface area contributed by atoms with E-state index in [-0.39, 0.29) is 0 Å². The summed E-state index contributed by atoms with van der Waals surface area (Å²) in [6.45, 7) is 2.28. The molecule has 0 radical (unpaired) electrons. The van der Waals surface area contributed by atoms with Crippen molar-refractivity contribution in [2.75, 3.05) is 5.32 Å². The maximum atomic E-state index is 13.0. The van der Waals surface area contributed by atoms with Gasteiger partial charge in [-0.05, 0) is 52.7 Å². The molecule has 0 saturated carbocycles. The summed E-state index contributed by atoms with van der Waals surface area (Å²) in [7, 11) is 0. The Kier molecular flexibility index (Phi) is 3.91. The van der Waals surface area contributed by atoms with E-state index in [0.717, 1.165) is 16.2 Å². The fourth-order valence-electron chi connectivity index (χ4n) is 1.48. The number of nitrogens with one attached hydrogen (secondary N) is 1. The molecule has 0 spiro atoms. The average Bonchev–Trinajstić information content (AvgIpc) is 2.35. The van der Waals surface area contributed by atoms with Crippen LogP contribution in [0.25, 0.3) is 0 Å². The summed E-state index contributed by atoms with van der Waals surface area (Å²) >= 11 is 3.36. The van der Waals surface area contributed by atoms with Gasteiger partial charge in [0.15, 0.2) is 11.6 Å². The van der Waals surface area contributed by atoms with Gasteiger partial charge in [0, 0.05) is 11.0 Å². The molecule has 0 aliphatic carbocycles. The maximum Gasteiger partial charge on any atom is 0.159 e. The first kappa shape index (κ1) is 13.0. The fraction of sp³-hybridized carbons (Fsp3) is 0.154. The number of anilines is 1. The molecule has 2 nitrogen and oxygen atoms in total. The molecule has 0 aliphatic heterocycles. The summed E-state index contributed by atoms with van der Waals surface area (Å²) in [5.74, 6) is -0.981. The van der Waals surface area contributed by atoms with Crippen LogP contribution in [0.15, 0.2) is 34.8 Å². The summed E-state index contributed by atoms with van der Waals surface area (Å²) in [4.78, 5) is 4.30. The van der Waals surface area contributed by atoms with Crippen molar-refractivity contribution in [2.45, 2.75) is 13.5 Å². The predicted octanol–water partition coefficient (Wildman–Crippen LogP) is 4.04. The van der Waals surface area contributed by atoms with Crippen molar-refractivity contribution < 1.29 is 8.78 Å². The van der Waals surface area contributed by atoms with Crippen molar-refractivity contribution in [3.8, 4) is 0 Å². The number of benzene rings is 1. The monoisotopic (exact) mass is 312 g/mol. The molecule has 1 N–H and O–H groups in total. The van der Waals surface area contributed by atoms with Crippen LogP contribution in [0, 0.1) is 18.6 Å².